The summed E-state index contributed by atoms with van der Waals surface area (Å²) in [5, 5.41) is 2.98. The van der Waals surface area contributed by atoms with Crippen molar-refractivity contribution in [3.63, 3.8) is 0 Å². The molecule has 3 fully saturated rings. The topological polar surface area (TPSA) is 69.7 Å². The van der Waals surface area contributed by atoms with Gasteiger partial charge in [0.25, 0.3) is 0 Å². The lowest BCUT2D eigenvalue weighted by Crippen LogP contribution is -2.48. The van der Waals surface area contributed by atoms with Crippen LogP contribution in [0.15, 0.2) is 12.2 Å². The Morgan fingerprint density at radius 1 is 1.13 bits per heavy atom. The number of rotatable bonds is 3. The Balaban J connectivity index is 1.37. The fourth-order valence-corrected chi connectivity index (χ4v) is 4.69. The fourth-order valence-electron chi connectivity index (χ4n) is 4.69. The molecule has 4 rings (SSSR count). The standard InChI is InChI=1S/C17H23N3O3/c1-19-6-4-12(5-7-19)18-13(21)9-20-16(22)14-10-2-3-11(8-10)15(14)17(20)23/h2-3,10-12,14-15H,4-9H2,1H3,(H,18,21). The lowest BCUT2D eigenvalue weighted by molar-refractivity contribution is -0.144. The predicted octanol–water partition coefficient (Wildman–Crippen LogP) is 0.00390. The minimum atomic E-state index is -0.214. The summed E-state index contributed by atoms with van der Waals surface area (Å²) in [5.74, 6) is -0.527. The number of nitrogens with zero attached hydrogens (tertiary/aromatic N) is 2. The van der Waals surface area contributed by atoms with Gasteiger partial charge < -0.3 is 10.2 Å². The van der Waals surface area contributed by atoms with Gasteiger partial charge in [0.1, 0.15) is 6.54 Å². The molecule has 0 radical (unpaired) electrons. The molecule has 2 bridgehead atoms. The zero-order valence-corrected chi connectivity index (χ0v) is 13.4. The number of carbonyl (C=O) groups is 3. The molecule has 2 aliphatic heterocycles. The largest absolute Gasteiger partial charge is 0.352 e. The van der Waals surface area contributed by atoms with Gasteiger partial charge in [-0.05, 0) is 51.2 Å². The van der Waals surface area contributed by atoms with Gasteiger partial charge in [-0.1, -0.05) is 12.2 Å². The summed E-state index contributed by atoms with van der Waals surface area (Å²) >= 11 is 0. The average Bonchev–Trinajstić information content (AvgIpc) is 3.19. The highest BCUT2D eigenvalue weighted by atomic mass is 16.2. The third-order valence-electron chi connectivity index (χ3n) is 5.95. The van der Waals surface area contributed by atoms with Gasteiger partial charge in [-0.25, -0.2) is 0 Å². The molecule has 6 nitrogen and oxygen atoms in total. The summed E-state index contributed by atoms with van der Waals surface area (Å²) in [6.07, 6.45) is 6.90. The van der Waals surface area contributed by atoms with Crippen LogP contribution in [0, 0.1) is 23.7 Å². The normalized spacial score (nSPS) is 36.8. The van der Waals surface area contributed by atoms with E-state index >= 15 is 0 Å². The molecule has 0 aromatic carbocycles. The van der Waals surface area contributed by atoms with Gasteiger partial charge in [0.2, 0.25) is 17.7 Å². The molecule has 1 saturated carbocycles. The molecule has 0 aromatic heterocycles. The van der Waals surface area contributed by atoms with Gasteiger partial charge in [0, 0.05) is 6.04 Å². The van der Waals surface area contributed by atoms with Crippen molar-refractivity contribution in [3.05, 3.63) is 12.2 Å². The molecule has 2 aliphatic carbocycles. The number of fused-ring (bicyclic) bond motifs is 5. The zero-order valence-electron chi connectivity index (χ0n) is 13.4. The van der Waals surface area contributed by atoms with Crippen molar-refractivity contribution in [2.45, 2.75) is 25.3 Å². The van der Waals surface area contributed by atoms with Crippen molar-refractivity contribution >= 4 is 17.7 Å². The number of imide groups is 1. The van der Waals surface area contributed by atoms with Gasteiger partial charge in [-0.3, -0.25) is 19.3 Å². The Morgan fingerprint density at radius 2 is 1.70 bits per heavy atom. The molecule has 0 aromatic rings. The number of amides is 3. The monoisotopic (exact) mass is 317 g/mol. The summed E-state index contributed by atoms with van der Waals surface area (Å²) in [6, 6.07) is 0.156. The van der Waals surface area contributed by atoms with Crippen LogP contribution in [0.25, 0.3) is 0 Å². The van der Waals surface area contributed by atoms with E-state index in [1.807, 2.05) is 0 Å². The van der Waals surface area contributed by atoms with Crippen molar-refractivity contribution in [1.29, 1.82) is 0 Å². The first-order valence-electron chi connectivity index (χ1n) is 8.56. The average molecular weight is 317 g/mol. The summed E-state index contributed by atoms with van der Waals surface area (Å²) in [4.78, 5) is 40.8. The maximum absolute atomic E-state index is 12.5. The second-order valence-electron chi connectivity index (χ2n) is 7.41. The van der Waals surface area contributed by atoms with Crippen LogP contribution in [0.2, 0.25) is 0 Å². The number of piperidine rings is 1. The summed E-state index contributed by atoms with van der Waals surface area (Å²) in [6.45, 7) is 1.81. The van der Waals surface area contributed by atoms with Crippen LogP contribution in [0.4, 0.5) is 0 Å². The highest BCUT2D eigenvalue weighted by molar-refractivity contribution is 6.08. The molecule has 4 atom stereocenters. The molecule has 2 heterocycles. The molecular formula is C17H23N3O3. The third-order valence-corrected chi connectivity index (χ3v) is 5.95. The SMILES string of the molecule is CN1CCC(NC(=O)CN2C(=O)C3C4C=CC(C4)C3C2=O)CC1. The first-order chi connectivity index (χ1) is 11.0. The molecule has 1 N–H and O–H groups in total. The molecular weight excluding hydrogens is 294 g/mol. The van der Waals surface area contributed by atoms with Crippen LogP contribution >= 0.6 is 0 Å². The minimum Gasteiger partial charge on any atom is -0.352 e. The van der Waals surface area contributed by atoms with Crippen LogP contribution in [-0.2, 0) is 14.4 Å². The van der Waals surface area contributed by atoms with E-state index in [1.165, 1.54) is 4.90 Å². The van der Waals surface area contributed by atoms with Crippen LogP contribution in [0.1, 0.15) is 19.3 Å². The second kappa shape index (κ2) is 5.44. The van der Waals surface area contributed by atoms with Crippen molar-refractivity contribution in [3.8, 4) is 0 Å². The molecule has 2 saturated heterocycles. The highest BCUT2D eigenvalue weighted by Gasteiger charge is 2.59. The first-order valence-corrected chi connectivity index (χ1v) is 8.56. The fraction of sp³-hybridized carbons (Fsp3) is 0.706. The Bertz CT molecular complexity index is 550. The Kier molecular flexibility index (Phi) is 3.52. The summed E-state index contributed by atoms with van der Waals surface area (Å²) in [7, 11) is 2.07. The third kappa shape index (κ3) is 2.40. The van der Waals surface area contributed by atoms with Crippen molar-refractivity contribution < 1.29 is 14.4 Å². The van der Waals surface area contributed by atoms with Crippen LogP contribution < -0.4 is 5.32 Å². The van der Waals surface area contributed by atoms with E-state index in [9.17, 15) is 14.4 Å². The number of hydrogen-bond donors (Lipinski definition) is 1. The summed E-state index contributed by atoms with van der Waals surface area (Å²) < 4.78 is 0. The van der Waals surface area contributed by atoms with Crippen LogP contribution in [-0.4, -0.2) is 60.2 Å². The van der Waals surface area contributed by atoms with Gasteiger partial charge in [0.15, 0.2) is 0 Å². The lowest BCUT2D eigenvalue weighted by atomic mass is 9.85. The quantitative estimate of drug-likeness (QED) is 0.588. The Hall–Kier alpha value is -1.69. The van der Waals surface area contributed by atoms with Crippen LogP contribution in [0.5, 0.6) is 0 Å². The minimum absolute atomic E-state index is 0.115. The van der Waals surface area contributed by atoms with Crippen molar-refractivity contribution in [2.75, 3.05) is 26.7 Å². The van der Waals surface area contributed by atoms with E-state index in [0.29, 0.717) is 0 Å². The molecule has 4 unspecified atom stereocenters. The second-order valence-corrected chi connectivity index (χ2v) is 7.41. The van der Waals surface area contributed by atoms with Crippen LogP contribution in [0.3, 0.4) is 0 Å². The predicted molar refractivity (Wildman–Crippen MR) is 83.1 cm³/mol. The van der Waals surface area contributed by atoms with Crippen molar-refractivity contribution in [2.24, 2.45) is 23.7 Å². The molecule has 4 aliphatic rings. The number of allylic oxidation sites excluding steroid dienone is 2. The van der Waals surface area contributed by atoms with E-state index in [4.69, 9.17) is 0 Å². The molecule has 6 heteroatoms. The maximum Gasteiger partial charge on any atom is 0.240 e. The smallest absolute Gasteiger partial charge is 0.240 e. The van der Waals surface area contributed by atoms with Gasteiger partial charge >= 0.3 is 0 Å². The number of nitrogens with one attached hydrogen (secondary N) is 1. The number of likely N-dealkylation sites (tertiary alicyclic amines) is 2. The van der Waals surface area contributed by atoms with Crippen molar-refractivity contribution in [1.82, 2.24) is 15.1 Å². The maximum atomic E-state index is 12.5. The van der Waals surface area contributed by atoms with E-state index in [0.717, 1.165) is 32.4 Å². The Morgan fingerprint density at radius 3 is 2.26 bits per heavy atom. The lowest BCUT2D eigenvalue weighted by Gasteiger charge is -2.30. The van der Waals surface area contributed by atoms with Gasteiger partial charge in [0.05, 0.1) is 11.8 Å². The van der Waals surface area contributed by atoms with Gasteiger partial charge in [-0.15, -0.1) is 0 Å². The molecule has 23 heavy (non-hydrogen) atoms. The number of hydrogen-bond acceptors (Lipinski definition) is 4. The molecule has 124 valence electrons. The van der Waals surface area contributed by atoms with Gasteiger partial charge in [-0.2, -0.15) is 0 Å². The molecule has 3 amide bonds. The number of carbonyl (C=O) groups excluding carboxylic acids is 3. The highest BCUT2D eigenvalue weighted by Crippen LogP contribution is 2.52. The zero-order chi connectivity index (χ0) is 16.1. The van der Waals surface area contributed by atoms with E-state index in [-0.39, 0.29) is 54.0 Å². The van der Waals surface area contributed by atoms with E-state index < -0.39 is 0 Å². The van der Waals surface area contributed by atoms with E-state index in [1.54, 1.807) is 0 Å². The first kappa shape index (κ1) is 14.9. The summed E-state index contributed by atoms with van der Waals surface area (Å²) in [5.41, 5.74) is 0. The van der Waals surface area contributed by atoms with E-state index in [2.05, 4.69) is 29.4 Å². The Labute approximate surface area is 135 Å². The molecule has 0 spiro atoms.